The molecule has 1 heterocycles. The molecule has 0 spiro atoms. The first-order valence-corrected chi connectivity index (χ1v) is 6.45. The molecule has 3 rings (SSSR count). The van der Waals surface area contributed by atoms with Crippen molar-refractivity contribution in [2.75, 3.05) is 5.73 Å². The third-order valence-corrected chi connectivity index (χ3v) is 3.46. The number of carbonyl (C=O) groups is 1. The van der Waals surface area contributed by atoms with Crippen molar-refractivity contribution in [1.82, 2.24) is 4.98 Å². The lowest BCUT2D eigenvalue weighted by Crippen LogP contribution is -2.10. The summed E-state index contributed by atoms with van der Waals surface area (Å²) in [4.78, 5) is 15.5. The number of anilines is 1. The largest absolute Gasteiger partial charge is 0.416 e. The van der Waals surface area contributed by atoms with Crippen LogP contribution in [0.5, 0.6) is 0 Å². The van der Waals surface area contributed by atoms with E-state index < -0.39 is 17.5 Å². The predicted molar refractivity (Wildman–Crippen MR) is 77.6 cm³/mol. The van der Waals surface area contributed by atoms with Crippen molar-refractivity contribution < 1.29 is 18.0 Å². The molecular formula is C16H11F3N2O. The number of H-pyrrole nitrogens is 1. The fraction of sp³-hybridized carbons (Fsp3) is 0.0625. The zero-order chi connectivity index (χ0) is 15.9. The maximum absolute atomic E-state index is 12.8. The lowest BCUT2D eigenvalue weighted by Gasteiger charge is -2.10. The second-order valence-electron chi connectivity index (χ2n) is 4.88. The zero-order valence-corrected chi connectivity index (χ0v) is 11.2. The van der Waals surface area contributed by atoms with Gasteiger partial charge in [0.25, 0.3) is 0 Å². The molecule has 0 atom stereocenters. The molecule has 0 aliphatic rings. The van der Waals surface area contributed by atoms with E-state index in [4.69, 9.17) is 5.73 Å². The Hall–Kier alpha value is -2.76. The highest BCUT2D eigenvalue weighted by Crippen LogP contribution is 2.32. The highest BCUT2D eigenvalue weighted by molar-refractivity contribution is 6.18. The number of nitrogens with two attached hydrogens (primary N) is 1. The Morgan fingerprint density at radius 2 is 1.77 bits per heavy atom. The maximum atomic E-state index is 12.8. The monoisotopic (exact) mass is 304 g/mol. The summed E-state index contributed by atoms with van der Waals surface area (Å²) in [6.07, 6.45) is -3.05. The van der Waals surface area contributed by atoms with Gasteiger partial charge < -0.3 is 10.7 Å². The number of nitrogen functional groups attached to an aromatic ring is 1. The number of para-hydroxylation sites is 1. The Kier molecular flexibility index (Phi) is 3.16. The number of hydrogen-bond acceptors (Lipinski definition) is 2. The third kappa shape index (κ3) is 2.32. The SMILES string of the molecule is Nc1ccc(C(F)(F)F)cc1C(=O)c1c[nH]c2ccccc12. The van der Waals surface area contributed by atoms with Gasteiger partial charge >= 0.3 is 6.18 Å². The Morgan fingerprint density at radius 1 is 1.05 bits per heavy atom. The summed E-state index contributed by atoms with van der Waals surface area (Å²) in [6.45, 7) is 0. The molecule has 6 heteroatoms. The van der Waals surface area contributed by atoms with Gasteiger partial charge in [-0.05, 0) is 24.3 Å². The van der Waals surface area contributed by atoms with Crippen LogP contribution in [0.4, 0.5) is 18.9 Å². The average Bonchev–Trinajstić information content (AvgIpc) is 2.89. The molecule has 1 aromatic heterocycles. The van der Waals surface area contributed by atoms with Crippen LogP contribution in [0.15, 0.2) is 48.7 Å². The lowest BCUT2D eigenvalue weighted by molar-refractivity contribution is -0.137. The van der Waals surface area contributed by atoms with Crippen LogP contribution in [0.2, 0.25) is 0 Å². The maximum Gasteiger partial charge on any atom is 0.416 e. The van der Waals surface area contributed by atoms with Gasteiger partial charge in [-0.15, -0.1) is 0 Å². The molecule has 2 aromatic carbocycles. The molecule has 0 saturated carbocycles. The van der Waals surface area contributed by atoms with Crippen molar-refractivity contribution in [2.24, 2.45) is 0 Å². The number of nitrogens with one attached hydrogen (secondary N) is 1. The molecule has 22 heavy (non-hydrogen) atoms. The summed E-state index contributed by atoms with van der Waals surface area (Å²) >= 11 is 0. The number of halogens is 3. The minimum absolute atomic E-state index is 0.0169. The molecule has 3 N–H and O–H groups in total. The van der Waals surface area contributed by atoms with Crippen molar-refractivity contribution in [1.29, 1.82) is 0 Å². The molecule has 0 unspecified atom stereocenters. The number of alkyl halides is 3. The van der Waals surface area contributed by atoms with Gasteiger partial charge in [0.2, 0.25) is 0 Å². The van der Waals surface area contributed by atoms with E-state index in [1.165, 1.54) is 6.20 Å². The minimum atomic E-state index is -4.52. The summed E-state index contributed by atoms with van der Waals surface area (Å²) < 4.78 is 38.4. The van der Waals surface area contributed by atoms with Gasteiger partial charge in [-0.3, -0.25) is 4.79 Å². The summed E-state index contributed by atoms with van der Waals surface area (Å²) in [6, 6.07) is 9.81. The number of benzene rings is 2. The quantitative estimate of drug-likeness (QED) is 0.555. The van der Waals surface area contributed by atoms with Crippen LogP contribution in [-0.4, -0.2) is 10.8 Å². The van der Waals surface area contributed by atoms with E-state index in [2.05, 4.69) is 4.98 Å². The van der Waals surface area contributed by atoms with Crippen LogP contribution in [0.25, 0.3) is 10.9 Å². The van der Waals surface area contributed by atoms with E-state index in [0.29, 0.717) is 10.9 Å². The van der Waals surface area contributed by atoms with Crippen molar-refractivity contribution in [3.63, 3.8) is 0 Å². The van der Waals surface area contributed by atoms with Gasteiger partial charge in [-0.2, -0.15) is 13.2 Å². The molecule has 112 valence electrons. The molecule has 0 bridgehead atoms. The van der Waals surface area contributed by atoms with E-state index in [9.17, 15) is 18.0 Å². The first-order chi connectivity index (χ1) is 10.4. The van der Waals surface area contributed by atoms with E-state index in [-0.39, 0.29) is 11.3 Å². The number of aromatic nitrogens is 1. The second-order valence-corrected chi connectivity index (χ2v) is 4.88. The lowest BCUT2D eigenvalue weighted by atomic mass is 9.99. The van der Waals surface area contributed by atoms with E-state index in [1.54, 1.807) is 24.3 Å². The third-order valence-electron chi connectivity index (χ3n) is 3.46. The van der Waals surface area contributed by atoms with Crippen LogP contribution >= 0.6 is 0 Å². The van der Waals surface area contributed by atoms with Gasteiger partial charge in [0, 0.05) is 33.9 Å². The molecular weight excluding hydrogens is 293 g/mol. The first kappa shape index (κ1) is 14.2. The summed E-state index contributed by atoms with van der Waals surface area (Å²) in [5.74, 6) is -0.541. The molecule has 3 nitrogen and oxygen atoms in total. The number of hydrogen-bond donors (Lipinski definition) is 2. The molecule has 3 aromatic rings. The fourth-order valence-electron chi connectivity index (χ4n) is 2.33. The van der Waals surface area contributed by atoms with Gasteiger partial charge in [0.1, 0.15) is 0 Å². The Labute approximate surface area is 123 Å². The number of rotatable bonds is 2. The van der Waals surface area contributed by atoms with E-state index in [0.717, 1.165) is 23.7 Å². The zero-order valence-electron chi connectivity index (χ0n) is 11.2. The summed E-state index contributed by atoms with van der Waals surface area (Å²) in [5, 5.41) is 0.643. The van der Waals surface area contributed by atoms with Gasteiger partial charge in [-0.1, -0.05) is 18.2 Å². The average molecular weight is 304 g/mol. The van der Waals surface area contributed by atoms with Crippen molar-refractivity contribution in [3.8, 4) is 0 Å². The standard InChI is InChI=1S/C16H11F3N2O/c17-16(18,19)9-5-6-13(20)11(7-9)15(22)12-8-21-14-4-2-1-3-10(12)14/h1-8,21H,20H2. The van der Waals surface area contributed by atoms with Gasteiger partial charge in [0.05, 0.1) is 5.56 Å². The van der Waals surface area contributed by atoms with Crippen LogP contribution in [0, 0.1) is 0 Å². The Morgan fingerprint density at radius 3 is 2.50 bits per heavy atom. The fourth-order valence-corrected chi connectivity index (χ4v) is 2.33. The highest BCUT2D eigenvalue weighted by Gasteiger charge is 2.31. The highest BCUT2D eigenvalue weighted by atomic mass is 19.4. The van der Waals surface area contributed by atoms with Crippen LogP contribution in [-0.2, 0) is 6.18 Å². The van der Waals surface area contributed by atoms with Crippen molar-refractivity contribution in [3.05, 3.63) is 65.4 Å². The van der Waals surface area contributed by atoms with Crippen molar-refractivity contribution >= 4 is 22.4 Å². The Balaban J connectivity index is 2.13. The molecule has 0 aliphatic heterocycles. The normalized spacial score (nSPS) is 11.8. The van der Waals surface area contributed by atoms with Crippen LogP contribution in [0.3, 0.4) is 0 Å². The number of fused-ring (bicyclic) bond motifs is 1. The smallest absolute Gasteiger partial charge is 0.398 e. The van der Waals surface area contributed by atoms with Crippen LogP contribution < -0.4 is 5.73 Å². The molecule has 0 radical (unpaired) electrons. The van der Waals surface area contributed by atoms with E-state index in [1.807, 2.05) is 0 Å². The van der Waals surface area contributed by atoms with Crippen molar-refractivity contribution in [2.45, 2.75) is 6.18 Å². The van der Waals surface area contributed by atoms with E-state index >= 15 is 0 Å². The number of carbonyl (C=O) groups excluding carboxylic acids is 1. The predicted octanol–water partition coefficient (Wildman–Crippen LogP) is 4.00. The van der Waals surface area contributed by atoms with Crippen LogP contribution in [0.1, 0.15) is 21.5 Å². The molecule has 0 amide bonds. The Bertz CT molecular complexity index is 865. The molecule has 0 saturated heterocycles. The molecule has 0 fully saturated rings. The number of ketones is 1. The second kappa shape index (κ2) is 4.91. The summed E-state index contributed by atoms with van der Waals surface area (Å²) in [7, 11) is 0. The number of aromatic amines is 1. The minimum Gasteiger partial charge on any atom is -0.398 e. The molecule has 0 aliphatic carbocycles. The van der Waals surface area contributed by atoms with Gasteiger partial charge in [0.15, 0.2) is 5.78 Å². The first-order valence-electron chi connectivity index (χ1n) is 6.45. The van der Waals surface area contributed by atoms with Gasteiger partial charge in [-0.25, -0.2) is 0 Å². The topological polar surface area (TPSA) is 58.9 Å². The summed E-state index contributed by atoms with van der Waals surface area (Å²) in [5.41, 5.74) is 5.68.